The average molecular weight is 526 g/mol. The number of hydrogen-bond acceptors (Lipinski definition) is 6. The fourth-order valence-corrected chi connectivity index (χ4v) is 5.50. The zero-order valence-corrected chi connectivity index (χ0v) is 23.1. The molecule has 2 amide bonds. The molecular weight excluding hydrogens is 482 g/mol. The third kappa shape index (κ3) is 7.01. The van der Waals surface area contributed by atoms with Gasteiger partial charge >= 0.3 is 0 Å². The molecule has 2 saturated heterocycles. The van der Waals surface area contributed by atoms with Crippen LogP contribution in [0.2, 0.25) is 0 Å². The maximum atomic E-state index is 14.2. The number of piperidine rings is 1. The molecule has 208 valence electrons. The highest BCUT2D eigenvalue weighted by atomic mass is 16.5. The van der Waals surface area contributed by atoms with E-state index in [1.54, 1.807) is 13.3 Å². The van der Waals surface area contributed by atoms with E-state index in [0.717, 1.165) is 30.6 Å². The van der Waals surface area contributed by atoms with Gasteiger partial charge in [0.1, 0.15) is 5.69 Å². The lowest BCUT2D eigenvalue weighted by Crippen LogP contribution is -2.56. The van der Waals surface area contributed by atoms with E-state index in [-0.39, 0.29) is 23.8 Å². The van der Waals surface area contributed by atoms with Gasteiger partial charge in [-0.05, 0) is 49.4 Å². The molecule has 1 N–H and O–H groups in total. The lowest BCUT2D eigenvalue weighted by Gasteiger charge is -2.40. The molecule has 2 fully saturated rings. The molecule has 0 unspecified atom stereocenters. The van der Waals surface area contributed by atoms with Gasteiger partial charge in [-0.1, -0.05) is 13.8 Å². The predicted octanol–water partition coefficient (Wildman–Crippen LogP) is 2.91. The van der Waals surface area contributed by atoms with Crippen LogP contribution in [-0.2, 0) is 20.8 Å². The molecule has 4 heterocycles. The Morgan fingerprint density at radius 3 is 2.71 bits per heavy atom. The van der Waals surface area contributed by atoms with Crippen LogP contribution in [0.5, 0.6) is 0 Å². The number of carbonyl (C=O) groups is 2. The van der Waals surface area contributed by atoms with Crippen LogP contribution >= 0.6 is 0 Å². The van der Waals surface area contributed by atoms with Gasteiger partial charge in [-0.15, -0.1) is 0 Å². The van der Waals surface area contributed by atoms with Crippen molar-refractivity contribution in [2.24, 2.45) is 11.8 Å². The van der Waals surface area contributed by atoms with E-state index in [9.17, 15) is 9.59 Å². The van der Waals surface area contributed by atoms with Crippen LogP contribution in [0.3, 0.4) is 0 Å². The topological polar surface area (TPSA) is 88.9 Å². The molecule has 2 aliphatic rings. The minimum Gasteiger partial charge on any atom is -0.385 e. The Bertz CT molecular complexity index is 1030. The summed E-state index contributed by atoms with van der Waals surface area (Å²) in [6.07, 6.45) is 6.10. The molecule has 38 heavy (non-hydrogen) atoms. The quantitative estimate of drug-likeness (QED) is 0.454. The lowest BCUT2D eigenvalue weighted by atomic mass is 9.92. The van der Waals surface area contributed by atoms with Crippen molar-refractivity contribution in [1.82, 2.24) is 24.7 Å². The molecule has 4 rings (SSSR count). The van der Waals surface area contributed by atoms with Crippen LogP contribution < -0.4 is 5.32 Å². The van der Waals surface area contributed by atoms with Crippen molar-refractivity contribution in [3.05, 3.63) is 42.4 Å². The number of nitrogens with zero attached hydrogens (tertiary/aromatic N) is 4. The van der Waals surface area contributed by atoms with Crippen molar-refractivity contribution in [1.29, 1.82) is 0 Å². The van der Waals surface area contributed by atoms with Gasteiger partial charge in [-0.3, -0.25) is 14.6 Å². The Labute approximate surface area is 226 Å². The van der Waals surface area contributed by atoms with Crippen molar-refractivity contribution >= 4 is 11.8 Å². The summed E-state index contributed by atoms with van der Waals surface area (Å²) in [5, 5.41) is 3.46. The Morgan fingerprint density at radius 2 is 2.00 bits per heavy atom. The summed E-state index contributed by atoms with van der Waals surface area (Å²) < 4.78 is 12.8. The summed E-state index contributed by atoms with van der Waals surface area (Å²) in [6, 6.07) is 7.87. The standard InChI is InChI=1S/C29H43N5O4/c1-22(2)21-34(25-17-24(19-31-20-25)28(35)32-12-15-38-16-13-32)29(36)27-9-8-26(23-7-6-10-30-18-23)33(27)11-4-5-14-37-3/h6-10,18,22,24-25,31H,4-5,11-17,19-21H2,1-3H3/t24-,25+/m1/s1. The second kappa shape index (κ2) is 13.9. The Hall–Kier alpha value is -2.75. The van der Waals surface area contributed by atoms with Crippen molar-refractivity contribution in [2.75, 3.05) is 59.7 Å². The molecule has 2 aromatic heterocycles. The van der Waals surface area contributed by atoms with E-state index < -0.39 is 0 Å². The third-order valence-electron chi connectivity index (χ3n) is 7.40. The van der Waals surface area contributed by atoms with Crippen molar-refractivity contribution in [3.8, 4) is 11.3 Å². The van der Waals surface area contributed by atoms with Gasteiger partial charge in [0.25, 0.3) is 5.91 Å². The van der Waals surface area contributed by atoms with Crippen LogP contribution in [-0.4, -0.2) is 96.9 Å². The highest BCUT2D eigenvalue weighted by molar-refractivity contribution is 5.94. The molecule has 2 atom stereocenters. The summed E-state index contributed by atoms with van der Waals surface area (Å²) in [5.41, 5.74) is 2.67. The number of morpholine rings is 1. The zero-order valence-electron chi connectivity index (χ0n) is 23.1. The van der Waals surface area contributed by atoms with Crippen molar-refractivity contribution in [3.63, 3.8) is 0 Å². The van der Waals surface area contributed by atoms with Crippen LogP contribution in [0.1, 0.15) is 43.6 Å². The van der Waals surface area contributed by atoms with Gasteiger partial charge in [0.15, 0.2) is 0 Å². The summed E-state index contributed by atoms with van der Waals surface area (Å²) >= 11 is 0. The van der Waals surface area contributed by atoms with E-state index in [1.165, 1.54) is 0 Å². The normalized spacial score (nSPS) is 20.1. The first-order valence-electron chi connectivity index (χ1n) is 14.0. The number of nitrogens with one attached hydrogen (secondary N) is 1. The molecule has 0 spiro atoms. The molecule has 0 radical (unpaired) electrons. The van der Waals surface area contributed by atoms with Crippen LogP contribution in [0.15, 0.2) is 36.7 Å². The van der Waals surface area contributed by atoms with E-state index >= 15 is 0 Å². The summed E-state index contributed by atoms with van der Waals surface area (Å²) in [6.45, 7) is 10.1. The monoisotopic (exact) mass is 525 g/mol. The van der Waals surface area contributed by atoms with Crippen LogP contribution in [0.4, 0.5) is 0 Å². The largest absolute Gasteiger partial charge is 0.385 e. The smallest absolute Gasteiger partial charge is 0.270 e. The Balaban J connectivity index is 1.58. The second-order valence-electron chi connectivity index (χ2n) is 10.7. The van der Waals surface area contributed by atoms with E-state index in [2.05, 4.69) is 28.7 Å². The maximum absolute atomic E-state index is 14.2. The number of carbonyl (C=O) groups excluding carboxylic acids is 2. The molecule has 9 nitrogen and oxygen atoms in total. The molecule has 0 saturated carbocycles. The highest BCUT2D eigenvalue weighted by Gasteiger charge is 2.36. The summed E-state index contributed by atoms with van der Waals surface area (Å²) in [4.78, 5) is 35.7. The van der Waals surface area contributed by atoms with E-state index in [1.807, 2.05) is 40.3 Å². The van der Waals surface area contributed by atoms with E-state index in [0.29, 0.717) is 70.6 Å². The second-order valence-corrected chi connectivity index (χ2v) is 10.7. The first kappa shape index (κ1) is 28.3. The van der Waals surface area contributed by atoms with Gasteiger partial charge in [-0.2, -0.15) is 0 Å². The molecule has 9 heteroatoms. The lowest BCUT2D eigenvalue weighted by molar-refractivity contribution is -0.140. The third-order valence-corrected chi connectivity index (χ3v) is 7.40. The number of ether oxygens (including phenoxy) is 2. The first-order valence-corrected chi connectivity index (χ1v) is 14.0. The Kier molecular flexibility index (Phi) is 10.3. The highest BCUT2D eigenvalue weighted by Crippen LogP contribution is 2.27. The molecule has 0 aliphatic carbocycles. The maximum Gasteiger partial charge on any atom is 0.270 e. The number of aromatic nitrogens is 2. The van der Waals surface area contributed by atoms with Gasteiger partial charge in [0.05, 0.1) is 24.8 Å². The SMILES string of the molecule is COCCCCn1c(C(=O)N(CC(C)C)[C@@H]2CNC[C@H](C(=O)N3CCOCC3)C2)ccc1-c1cccnc1. The van der Waals surface area contributed by atoms with Crippen LogP contribution in [0, 0.1) is 11.8 Å². The van der Waals surface area contributed by atoms with Crippen molar-refractivity contribution < 1.29 is 19.1 Å². The van der Waals surface area contributed by atoms with Gasteiger partial charge in [0.2, 0.25) is 5.91 Å². The van der Waals surface area contributed by atoms with Gasteiger partial charge in [0, 0.05) is 77.0 Å². The Morgan fingerprint density at radius 1 is 1.18 bits per heavy atom. The molecule has 0 bridgehead atoms. The molecule has 2 aliphatic heterocycles. The minimum absolute atomic E-state index is 0.0202. The number of amides is 2. The van der Waals surface area contributed by atoms with Crippen molar-refractivity contribution in [2.45, 2.75) is 45.7 Å². The zero-order chi connectivity index (χ0) is 26.9. The summed E-state index contributed by atoms with van der Waals surface area (Å²) in [7, 11) is 1.71. The fraction of sp³-hybridized carbons (Fsp3) is 0.621. The number of hydrogen-bond donors (Lipinski definition) is 1. The number of pyridine rings is 1. The fourth-order valence-electron chi connectivity index (χ4n) is 5.50. The molecule has 0 aromatic carbocycles. The average Bonchev–Trinajstić information content (AvgIpc) is 3.38. The van der Waals surface area contributed by atoms with Gasteiger partial charge < -0.3 is 29.2 Å². The summed E-state index contributed by atoms with van der Waals surface area (Å²) in [5.74, 6) is 0.355. The minimum atomic E-state index is -0.138. The van der Waals surface area contributed by atoms with Gasteiger partial charge in [-0.25, -0.2) is 0 Å². The predicted molar refractivity (Wildman–Crippen MR) is 147 cm³/mol. The number of unbranched alkanes of at least 4 members (excludes halogenated alkanes) is 1. The first-order chi connectivity index (χ1) is 18.5. The number of rotatable bonds is 11. The van der Waals surface area contributed by atoms with Crippen LogP contribution in [0.25, 0.3) is 11.3 Å². The van der Waals surface area contributed by atoms with E-state index in [4.69, 9.17) is 9.47 Å². The number of methoxy groups -OCH3 is 1. The molecule has 2 aromatic rings. The molecular formula is C29H43N5O4.